The Morgan fingerprint density at radius 1 is 1.42 bits per heavy atom. The van der Waals surface area contributed by atoms with Crippen molar-refractivity contribution in [3.8, 4) is 5.75 Å². The largest absolute Gasteiger partial charge is 0.492 e. The molecule has 0 aromatic heterocycles. The maximum atomic E-state index is 5.54. The van der Waals surface area contributed by atoms with E-state index in [4.69, 9.17) is 16.3 Å². The molecule has 0 spiro atoms. The van der Waals surface area contributed by atoms with E-state index in [-0.39, 0.29) is 0 Å². The van der Waals surface area contributed by atoms with Crippen molar-refractivity contribution in [3.05, 3.63) is 24.3 Å². The Labute approximate surface area is 77.5 Å². The molecule has 12 heavy (non-hydrogen) atoms. The fourth-order valence-electron chi connectivity index (χ4n) is 0.966. The normalized spacial score (nSPS) is 9.50. The molecule has 0 fully saturated rings. The van der Waals surface area contributed by atoms with Gasteiger partial charge in [0.15, 0.2) is 0 Å². The van der Waals surface area contributed by atoms with Gasteiger partial charge in [-0.1, -0.05) is 12.1 Å². The number of hydrogen-bond acceptors (Lipinski definition) is 2. The van der Waals surface area contributed by atoms with Gasteiger partial charge in [-0.3, -0.25) is 0 Å². The van der Waals surface area contributed by atoms with E-state index in [0.29, 0.717) is 12.6 Å². The minimum atomic E-state index is 0.393. The highest BCUT2D eigenvalue weighted by atomic mass is 35.5. The van der Waals surface area contributed by atoms with Gasteiger partial charge in [-0.2, -0.15) is 0 Å². The zero-order chi connectivity index (χ0) is 8.81. The topological polar surface area (TPSA) is 21.3 Å². The SMILES string of the molecule is CCOc1ccccc1NCCl. The Morgan fingerprint density at radius 3 is 2.83 bits per heavy atom. The molecule has 0 saturated carbocycles. The highest BCUT2D eigenvalue weighted by Crippen LogP contribution is 2.23. The molecule has 0 bridgehead atoms. The van der Waals surface area contributed by atoms with E-state index in [9.17, 15) is 0 Å². The molecule has 1 aromatic carbocycles. The summed E-state index contributed by atoms with van der Waals surface area (Å²) < 4.78 is 5.37. The standard InChI is InChI=1S/C9H12ClNO/c1-2-12-9-6-4-3-5-8(9)11-7-10/h3-6,11H,2,7H2,1H3. The Balaban J connectivity index is 2.77. The van der Waals surface area contributed by atoms with Crippen LogP contribution in [-0.2, 0) is 0 Å². The molecule has 1 rings (SSSR count). The minimum Gasteiger partial charge on any atom is -0.492 e. The van der Waals surface area contributed by atoms with Gasteiger partial charge in [-0.15, -0.1) is 11.6 Å². The summed E-state index contributed by atoms with van der Waals surface area (Å²) in [6, 6.07) is 8.12. The van der Waals surface area contributed by atoms with Crippen LogP contribution in [-0.4, -0.2) is 12.6 Å². The Kier molecular flexibility index (Phi) is 3.74. The van der Waals surface area contributed by atoms with E-state index in [2.05, 4.69) is 5.32 Å². The average Bonchev–Trinajstić information content (AvgIpc) is 2.09. The first-order valence-corrected chi connectivity index (χ1v) is 4.43. The van der Waals surface area contributed by atoms with Gasteiger partial charge in [0.1, 0.15) is 5.75 Å². The summed E-state index contributed by atoms with van der Waals surface area (Å²) in [5.41, 5.74) is 0.939. The molecule has 0 radical (unpaired) electrons. The van der Waals surface area contributed by atoms with Crippen LogP contribution in [0.2, 0.25) is 0 Å². The summed E-state index contributed by atoms with van der Waals surface area (Å²) in [6.45, 7) is 2.62. The van der Waals surface area contributed by atoms with Crippen LogP contribution in [0.3, 0.4) is 0 Å². The highest BCUT2D eigenvalue weighted by Gasteiger charge is 1.98. The lowest BCUT2D eigenvalue weighted by Gasteiger charge is -2.09. The summed E-state index contributed by atoms with van der Waals surface area (Å²) >= 11 is 5.54. The van der Waals surface area contributed by atoms with Crippen molar-refractivity contribution in [3.63, 3.8) is 0 Å². The van der Waals surface area contributed by atoms with E-state index >= 15 is 0 Å². The zero-order valence-corrected chi connectivity index (χ0v) is 7.77. The van der Waals surface area contributed by atoms with E-state index in [1.54, 1.807) is 0 Å². The summed E-state index contributed by atoms with van der Waals surface area (Å²) in [6.07, 6.45) is 0. The maximum Gasteiger partial charge on any atom is 0.142 e. The Morgan fingerprint density at radius 2 is 2.17 bits per heavy atom. The molecule has 0 saturated heterocycles. The zero-order valence-electron chi connectivity index (χ0n) is 7.01. The first-order valence-electron chi connectivity index (χ1n) is 3.90. The van der Waals surface area contributed by atoms with Crippen molar-refractivity contribution >= 4 is 17.3 Å². The van der Waals surface area contributed by atoms with Crippen LogP contribution < -0.4 is 10.1 Å². The Hall–Kier alpha value is -0.890. The third-order valence-corrected chi connectivity index (χ3v) is 1.58. The summed E-state index contributed by atoms with van der Waals surface area (Å²) in [5, 5.41) is 3.00. The quantitative estimate of drug-likeness (QED) is 0.575. The van der Waals surface area contributed by atoms with Crippen LogP contribution in [0.4, 0.5) is 5.69 Å². The fraction of sp³-hybridized carbons (Fsp3) is 0.333. The minimum absolute atomic E-state index is 0.393. The number of nitrogens with one attached hydrogen (secondary N) is 1. The summed E-state index contributed by atoms with van der Waals surface area (Å²) in [5.74, 6) is 0.848. The Bertz CT molecular complexity index is 215. The van der Waals surface area contributed by atoms with E-state index in [1.807, 2.05) is 31.2 Å². The second-order valence-corrected chi connectivity index (χ2v) is 2.51. The number of ether oxygens (including phenoxy) is 1. The second kappa shape index (κ2) is 4.88. The molecule has 0 aliphatic rings. The third kappa shape index (κ3) is 2.31. The summed E-state index contributed by atoms with van der Waals surface area (Å²) in [4.78, 5) is 0. The molecule has 0 aliphatic carbocycles. The number of benzene rings is 1. The van der Waals surface area contributed by atoms with Gasteiger partial charge in [-0.05, 0) is 19.1 Å². The highest BCUT2D eigenvalue weighted by molar-refractivity contribution is 6.18. The van der Waals surface area contributed by atoms with Gasteiger partial charge in [0, 0.05) is 0 Å². The van der Waals surface area contributed by atoms with Crippen molar-refractivity contribution in [1.82, 2.24) is 0 Å². The van der Waals surface area contributed by atoms with Crippen LogP contribution >= 0.6 is 11.6 Å². The average molecular weight is 186 g/mol. The molecule has 66 valence electrons. The molecule has 1 N–H and O–H groups in total. The fourth-order valence-corrected chi connectivity index (χ4v) is 1.11. The molecular formula is C9H12ClNO. The third-order valence-electron chi connectivity index (χ3n) is 1.44. The number of alkyl halides is 1. The van der Waals surface area contributed by atoms with Crippen molar-refractivity contribution < 1.29 is 4.74 Å². The second-order valence-electron chi connectivity index (χ2n) is 2.24. The van der Waals surface area contributed by atoms with Gasteiger partial charge in [0.05, 0.1) is 18.3 Å². The van der Waals surface area contributed by atoms with E-state index in [1.165, 1.54) is 0 Å². The monoisotopic (exact) mass is 185 g/mol. The molecule has 0 aliphatic heterocycles. The molecule has 1 aromatic rings. The van der Waals surface area contributed by atoms with Crippen LogP contribution in [0.5, 0.6) is 5.75 Å². The van der Waals surface area contributed by atoms with Gasteiger partial charge < -0.3 is 10.1 Å². The van der Waals surface area contributed by atoms with Crippen molar-refractivity contribution in [2.75, 3.05) is 17.9 Å². The van der Waals surface area contributed by atoms with Crippen molar-refractivity contribution in [2.24, 2.45) is 0 Å². The van der Waals surface area contributed by atoms with E-state index in [0.717, 1.165) is 11.4 Å². The lowest BCUT2D eigenvalue weighted by molar-refractivity contribution is 0.342. The van der Waals surface area contributed by atoms with Crippen LogP contribution in [0.15, 0.2) is 24.3 Å². The van der Waals surface area contributed by atoms with Crippen molar-refractivity contribution in [2.45, 2.75) is 6.92 Å². The molecule has 0 unspecified atom stereocenters. The molecule has 0 heterocycles. The number of rotatable bonds is 4. The maximum absolute atomic E-state index is 5.54. The molecule has 2 nitrogen and oxygen atoms in total. The van der Waals surface area contributed by atoms with Gasteiger partial charge >= 0.3 is 0 Å². The van der Waals surface area contributed by atoms with Gasteiger partial charge in [-0.25, -0.2) is 0 Å². The van der Waals surface area contributed by atoms with Gasteiger partial charge in [0.25, 0.3) is 0 Å². The van der Waals surface area contributed by atoms with Crippen molar-refractivity contribution in [1.29, 1.82) is 0 Å². The number of anilines is 1. The lowest BCUT2D eigenvalue weighted by atomic mass is 10.3. The number of hydrogen-bond donors (Lipinski definition) is 1. The van der Waals surface area contributed by atoms with Crippen LogP contribution in [0.25, 0.3) is 0 Å². The molecule has 3 heteroatoms. The van der Waals surface area contributed by atoms with E-state index < -0.39 is 0 Å². The molecular weight excluding hydrogens is 174 g/mol. The predicted octanol–water partition coefficient (Wildman–Crippen LogP) is 2.69. The number of halogens is 1. The summed E-state index contributed by atoms with van der Waals surface area (Å²) in [7, 11) is 0. The number of para-hydroxylation sites is 2. The van der Waals surface area contributed by atoms with Gasteiger partial charge in [0.2, 0.25) is 0 Å². The van der Waals surface area contributed by atoms with Crippen LogP contribution in [0, 0.1) is 0 Å². The smallest absolute Gasteiger partial charge is 0.142 e. The molecule has 0 atom stereocenters. The van der Waals surface area contributed by atoms with Crippen LogP contribution in [0.1, 0.15) is 6.92 Å². The molecule has 0 amide bonds. The lowest BCUT2D eigenvalue weighted by Crippen LogP contribution is -1.99. The predicted molar refractivity (Wildman–Crippen MR) is 52.0 cm³/mol. The first-order chi connectivity index (χ1) is 5.88. The first kappa shape index (κ1) is 9.20.